The van der Waals surface area contributed by atoms with E-state index in [1.165, 1.54) is 11.6 Å². The third-order valence-electron chi connectivity index (χ3n) is 7.87. The summed E-state index contributed by atoms with van der Waals surface area (Å²) in [6.45, 7) is 9.45. The number of fused-ring (bicyclic) bond motifs is 4. The molecule has 1 heterocycles. The van der Waals surface area contributed by atoms with Gasteiger partial charge in [-0.05, 0) is 92.0 Å². The number of aliphatic hydroxyl groups is 1. The van der Waals surface area contributed by atoms with Gasteiger partial charge in [0.2, 0.25) is 0 Å². The average Bonchev–Trinajstić information content (AvgIpc) is 2.93. The summed E-state index contributed by atoms with van der Waals surface area (Å²) in [6.07, 6.45) is 1.71. The molecule has 40 heavy (non-hydrogen) atoms. The van der Waals surface area contributed by atoms with Crippen LogP contribution >= 0.6 is 0 Å². The van der Waals surface area contributed by atoms with Crippen molar-refractivity contribution in [2.24, 2.45) is 0 Å². The number of rotatable bonds is 6. The van der Waals surface area contributed by atoms with Crippen molar-refractivity contribution >= 4 is 17.3 Å². The molecular formula is C33H43FN4O2. The van der Waals surface area contributed by atoms with E-state index in [9.17, 15) is 14.3 Å². The van der Waals surface area contributed by atoms with E-state index in [-0.39, 0.29) is 24.6 Å². The maximum atomic E-state index is 14.8. The minimum Gasteiger partial charge on any atom is -0.396 e. The standard InChI is InChI=1S/C33H43FN4O2/c1-21(2)23-10-7-12-26(18-23)33(3,4)37-20-30(39)29-17-22-15-24(31(35)28(34)16-22)9-5-6-14-36-27-13-8-11-25(19-27)32(40)38-29/h7-8,10-13,15-16,18-19,21,29-30,36-37,39H,5-6,9,14,17,20,35H2,1-4H3,(H,38,40)/t29-,30+/m0/s1. The molecule has 6 nitrogen and oxygen atoms in total. The third kappa shape index (κ3) is 7.40. The zero-order valence-electron chi connectivity index (χ0n) is 24.1. The van der Waals surface area contributed by atoms with Crippen molar-refractivity contribution in [1.29, 1.82) is 0 Å². The molecule has 0 spiro atoms. The van der Waals surface area contributed by atoms with Gasteiger partial charge in [0, 0.05) is 29.9 Å². The average molecular weight is 547 g/mol. The maximum absolute atomic E-state index is 14.8. The number of carbonyl (C=O) groups is 1. The van der Waals surface area contributed by atoms with Gasteiger partial charge in [0.25, 0.3) is 5.91 Å². The Kier molecular flexibility index (Phi) is 9.48. The molecule has 1 aliphatic rings. The molecule has 0 saturated heterocycles. The molecule has 7 heteroatoms. The van der Waals surface area contributed by atoms with Gasteiger partial charge in [0.15, 0.2) is 0 Å². The summed E-state index contributed by atoms with van der Waals surface area (Å²) in [5, 5.41) is 21.3. The Bertz CT molecular complexity index is 1320. The van der Waals surface area contributed by atoms with Gasteiger partial charge in [-0.3, -0.25) is 4.79 Å². The normalized spacial score (nSPS) is 17.4. The lowest BCUT2D eigenvalue weighted by Crippen LogP contribution is -2.51. The van der Waals surface area contributed by atoms with Gasteiger partial charge >= 0.3 is 0 Å². The lowest BCUT2D eigenvalue weighted by atomic mass is 9.90. The first-order valence-corrected chi connectivity index (χ1v) is 14.3. The fourth-order valence-corrected chi connectivity index (χ4v) is 5.18. The number of nitrogen functional groups attached to an aromatic ring is 1. The van der Waals surface area contributed by atoms with Crippen LogP contribution in [0.25, 0.3) is 0 Å². The molecule has 3 aromatic rings. The SMILES string of the molecule is CC(C)c1cccc(C(C)(C)NC[C@@H](O)[C@@H]2Cc3cc(F)c(N)c(c3)CCCCNc3cccc(c3)C(=O)N2)c1. The van der Waals surface area contributed by atoms with Crippen LogP contribution in [-0.2, 0) is 18.4 Å². The zero-order chi connectivity index (χ0) is 28.9. The van der Waals surface area contributed by atoms with Gasteiger partial charge in [-0.15, -0.1) is 0 Å². The van der Waals surface area contributed by atoms with Crippen LogP contribution in [-0.4, -0.2) is 36.2 Å². The molecular weight excluding hydrogens is 503 g/mol. The van der Waals surface area contributed by atoms with Crippen LogP contribution in [0.1, 0.15) is 79.1 Å². The number of anilines is 2. The van der Waals surface area contributed by atoms with E-state index in [0.717, 1.165) is 36.2 Å². The number of aliphatic hydroxyl groups excluding tert-OH is 1. The molecule has 6 N–H and O–H groups in total. The molecule has 1 aliphatic heterocycles. The number of benzene rings is 3. The number of hydrogen-bond acceptors (Lipinski definition) is 5. The summed E-state index contributed by atoms with van der Waals surface area (Å²) in [5.74, 6) is -0.350. The van der Waals surface area contributed by atoms with Gasteiger partial charge in [0.05, 0.1) is 17.8 Å². The second-order valence-electron chi connectivity index (χ2n) is 11.8. The number of nitrogens with one attached hydrogen (secondary N) is 3. The second kappa shape index (κ2) is 12.8. The monoisotopic (exact) mass is 546 g/mol. The summed E-state index contributed by atoms with van der Waals surface area (Å²) >= 11 is 0. The lowest BCUT2D eigenvalue weighted by Gasteiger charge is -2.32. The Morgan fingerprint density at radius 3 is 2.65 bits per heavy atom. The molecule has 2 atom stereocenters. The van der Waals surface area contributed by atoms with Crippen molar-refractivity contribution in [3.05, 3.63) is 94.3 Å². The zero-order valence-corrected chi connectivity index (χ0v) is 24.1. The fraction of sp³-hybridized carbons (Fsp3) is 0.424. The highest BCUT2D eigenvalue weighted by Crippen LogP contribution is 2.26. The Morgan fingerprint density at radius 2 is 1.88 bits per heavy atom. The highest BCUT2D eigenvalue weighted by Gasteiger charge is 2.27. The van der Waals surface area contributed by atoms with Crippen LogP contribution in [0.15, 0.2) is 60.7 Å². The highest BCUT2D eigenvalue weighted by atomic mass is 19.1. The maximum Gasteiger partial charge on any atom is 0.251 e. The molecule has 0 saturated carbocycles. The van der Waals surface area contributed by atoms with Gasteiger partial charge in [-0.1, -0.05) is 50.2 Å². The lowest BCUT2D eigenvalue weighted by molar-refractivity contribution is 0.0813. The minimum absolute atomic E-state index is 0.167. The molecule has 0 aliphatic carbocycles. The fourth-order valence-electron chi connectivity index (χ4n) is 5.18. The van der Waals surface area contributed by atoms with Gasteiger partial charge < -0.3 is 26.8 Å². The number of carbonyl (C=O) groups excluding carboxylic acids is 1. The van der Waals surface area contributed by atoms with Crippen molar-refractivity contribution in [2.45, 2.75) is 77.0 Å². The Balaban J connectivity index is 1.60. The first-order valence-electron chi connectivity index (χ1n) is 14.3. The number of amides is 1. The molecule has 0 radical (unpaired) electrons. The molecule has 0 fully saturated rings. The first-order chi connectivity index (χ1) is 19.0. The van der Waals surface area contributed by atoms with E-state index in [1.807, 2.05) is 24.3 Å². The minimum atomic E-state index is -0.933. The van der Waals surface area contributed by atoms with Crippen LogP contribution in [0.5, 0.6) is 0 Å². The van der Waals surface area contributed by atoms with Crippen molar-refractivity contribution in [3.8, 4) is 0 Å². The summed E-state index contributed by atoms with van der Waals surface area (Å²) in [4.78, 5) is 13.3. The third-order valence-corrected chi connectivity index (χ3v) is 7.87. The van der Waals surface area contributed by atoms with Crippen LogP contribution in [0.4, 0.5) is 15.8 Å². The van der Waals surface area contributed by atoms with Crippen LogP contribution in [0.2, 0.25) is 0 Å². The number of hydrogen-bond donors (Lipinski definition) is 5. The van der Waals surface area contributed by atoms with Crippen LogP contribution in [0.3, 0.4) is 0 Å². The largest absolute Gasteiger partial charge is 0.396 e. The summed E-state index contributed by atoms with van der Waals surface area (Å²) in [7, 11) is 0. The Labute approximate surface area is 237 Å². The molecule has 4 bridgehead atoms. The van der Waals surface area contributed by atoms with Crippen LogP contribution < -0.4 is 21.7 Å². The predicted molar refractivity (Wildman–Crippen MR) is 161 cm³/mol. The van der Waals surface area contributed by atoms with Crippen molar-refractivity contribution in [3.63, 3.8) is 0 Å². The predicted octanol–water partition coefficient (Wildman–Crippen LogP) is 5.51. The summed E-state index contributed by atoms with van der Waals surface area (Å²) < 4.78 is 14.8. The van der Waals surface area contributed by atoms with E-state index in [1.54, 1.807) is 6.07 Å². The first kappa shape index (κ1) is 29.6. The van der Waals surface area contributed by atoms with E-state index in [0.29, 0.717) is 23.5 Å². The van der Waals surface area contributed by atoms with E-state index in [4.69, 9.17) is 5.73 Å². The molecule has 1 amide bonds. The van der Waals surface area contributed by atoms with Gasteiger partial charge in [-0.25, -0.2) is 4.39 Å². The number of nitrogens with two attached hydrogens (primary N) is 1. The van der Waals surface area contributed by atoms with Gasteiger partial charge in [0.1, 0.15) is 5.82 Å². The molecule has 214 valence electrons. The van der Waals surface area contributed by atoms with E-state index in [2.05, 4.69) is 67.9 Å². The summed E-state index contributed by atoms with van der Waals surface area (Å²) in [6, 6.07) is 18.5. The van der Waals surface area contributed by atoms with Crippen molar-refractivity contribution in [2.75, 3.05) is 24.1 Å². The smallest absolute Gasteiger partial charge is 0.251 e. The molecule has 0 unspecified atom stereocenters. The highest BCUT2D eigenvalue weighted by molar-refractivity contribution is 5.95. The topological polar surface area (TPSA) is 99.4 Å². The van der Waals surface area contributed by atoms with Crippen molar-refractivity contribution < 1.29 is 14.3 Å². The number of halogens is 1. The quantitative estimate of drug-likeness (QED) is 0.263. The number of aryl methyl sites for hydroxylation is 1. The molecule has 0 aromatic heterocycles. The van der Waals surface area contributed by atoms with E-state index >= 15 is 0 Å². The van der Waals surface area contributed by atoms with Crippen LogP contribution in [0, 0.1) is 5.82 Å². The Morgan fingerprint density at radius 1 is 1.10 bits per heavy atom. The summed E-state index contributed by atoms with van der Waals surface area (Å²) in [5.41, 5.74) is 11.0. The second-order valence-corrected chi connectivity index (χ2v) is 11.8. The molecule has 4 rings (SSSR count). The van der Waals surface area contributed by atoms with Gasteiger partial charge in [-0.2, -0.15) is 0 Å². The van der Waals surface area contributed by atoms with E-state index < -0.39 is 23.5 Å². The Hall–Kier alpha value is -3.42. The molecule has 3 aromatic carbocycles. The van der Waals surface area contributed by atoms with Crippen molar-refractivity contribution in [1.82, 2.24) is 10.6 Å².